The summed E-state index contributed by atoms with van der Waals surface area (Å²) in [5.41, 5.74) is 1.40. The maximum atomic E-state index is 9.41. The molecule has 1 aromatic carbocycles. The lowest BCUT2D eigenvalue weighted by molar-refractivity contribution is -0.0459. The Morgan fingerprint density at radius 1 is 1.37 bits per heavy atom. The molecule has 0 aliphatic heterocycles. The molecule has 0 aromatic heterocycles. The Morgan fingerprint density at radius 3 is 2.58 bits per heavy atom. The summed E-state index contributed by atoms with van der Waals surface area (Å²) in [6, 6.07) is 5.42. The minimum absolute atomic E-state index is 0.00225. The lowest BCUT2D eigenvalue weighted by atomic mass is 9.96. The van der Waals surface area contributed by atoms with Crippen molar-refractivity contribution < 1.29 is 19.7 Å². The van der Waals surface area contributed by atoms with Crippen molar-refractivity contribution in [1.82, 2.24) is 0 Å². The molecule has 2 N–H and O–H groups in total. The number of aliphatic hydroxyl groups is 2. The number of hydrogen-bond donors (Lipinski definition) is 2. The average Bonchev–Trinajstić information content (AvgIpc) is 2.37. The van der Waals surface area contributed by atoms with Gasteiger partial charge in [-0.2, -0.15) is 0 Å². The fraction of sp³-hybridized carbons (Fsp3) is 0.467. The van der Waals surface area contributed by atoms with E-state index in [0.717, 1.165) is 12.0 Å². The minimum Gasteiger partial charge on any atom is -0.463 e. The molecule has 1 atom stereocenters. The Hall–Kier alpha value is -1.52. The highest BCUT2D eigenvalue weighted by Gasteiger charge is 2.14. The molecule has 4 nitrogen and oxygen atoms in total. The Balaban J connectivity index is 2.88. The summed E-state index contributed by atoms with van der Waals surface area (Å²) in [5.74, 6) is 1.31. The van der Waals surface area contributed by atoms with Gasteiger partial charge in [-0.1, -0.05) is 26.5 Å². The molecule has 0 amide bonds. The Bertz CT molecular complexity index is 426. The zero-order valence-electron chi connectivity index (χ0n) is 11.7. The van der Waals surface area contributed by atoms with Gasteiger partial charge in [-0.25, -0.2) is 0 Å². The largest absolute Gasteiger partial charge is 0.463 e. The maximum absolute atomic E-state index is 9.41. The third-order valence-corrected chi connectivity index (χ3v) is 3.01. The monoisotopic (exact) mass is 266 g/mol. The van der Waals surface area contributed by atoms with Crippen molar-refractivity contribution in [2.75, 3.05) is 6.79 Å². The van der Waals surface area contributed by atoms with E-state index >= 15 is 0 Å². The molecule has 0 spiro atoms. The molecule has 0 fully saturated rings. The molecule has 0 heterocycles. The molecule has 4 heteroatoms. The van der Waals surface area contributed by atoms with Crippen LogP contribution in [0.5, 0.6) is 5.75 Å². The molecule has 106 valence electrons. The van der Waals surface area contributed by atoms with Crippen LogP contribution in [0.25, 0.3) is 0 Å². The van der Waals surface area contributed by atoms with Gasteiger partial charge in [-0.15, -0.1) is 0 Å². The van der Waals surface area contributed by atoms with Crippen LogP contribution in [0.2, 0.25) is 0 Å². The summed E-state index contributed by atoms with van der Waals surface area (Å²) >= 11 is 0. The Morgan fingerprint density at radius 2 is 2.05 bits per heavy atom. The molecule has 0 saturated heterocycles. The van der Waals surface area contributed by atoms with E-state index in [1.165, 1.54) is 0 Å². The zero-order chi connectivity index (χ0) is 14.4. The molecule has 0 saturated carbocycles. The van der Waals surface area contributed by atoms with Crippen molar-refractivity contribution in [1.29, 1.82) is 0 Å². The van der Waals surface area contributed by atoms with Crippen LogP contribution in [0.1, 0.15) is 50.5 Å². The molecule has 19 heavy (non-hydrogen) atoms. The van der Waals surface area contributed by atoms with Crippen LogP contribution in [0.3, 0.4) is 0 Å². The fourth-order valence-electron chi connectivity index (χ4n) is 1.64. The first-order valence-corrected chi connectivity index (χ1v) is 6.36. The summed E-state index contributed by atoms with van der Waals surface area (Å²) in [6.45, 7) is 9.49. The predicted molar refractivity (Wildman–Crippen MR) is 73.7 cm³/mol. The lowest BCUT2D eigenvalue weighted by Crippen LogP contribution is -2.06. The number of aliphatic hydroxyl groups excluding tert-OH is 1. The number of rotatable bonds is 7. The van der Waals surface area contributed by atoms with Crippen LogP contribution in [-0.4, -0.2) is 17.0 Å². The maximum Gasteiger partial charge on any atom is 0.230 e. The summed E-state index contributed by atoms with van der Waals surface area (Å²) < 4.78 is 10.5. The molecule has 0 aliphatic carbocycles. The van der Waals surface area contributed by atoms with Crippen molar-refractivity contribution in [3.8, 4) is 5.75 Å². The van der Waals surface area contributed by atoms with Gasteiger partial charge in [0.1, 0.15) is 5.75 Å². The second-order valence-electron chi connectivity index (χ2n) is 4.59. The zero-order valence-corrected chi connectivity index (χ0v) is 11.7. The van der Waals surface area contributed by atoms with Crippen molar-refractivity contribution in [2.45, 2.75) is 39.4 Å². The minimum atomic E-state index is -1.57. The van der Waals surface area contributed by atoms with Crippen LogP contribution in [0.15, 0.2) is 30.5 Å². The first kappa shape index (κ1) is 15.5. The normalized spacial score (nSPS) is 12.3. The summed E-state index contributed by atoms with van der Waals surface area (Å²) in [6.07, 6.45) is -0.580. The summed E-state index contributed by atoms with van der Waals surface area (Å²) in [5, 5.41) is 18.8. The van der Waals surface area contributed by atoms with E-state index in [2.05, 4.69) is 20.4 Å². The summed E-state index contributed by atoms with van der Waals surface area (Å²) in [7, 11) is 0. The Kier molecular flexibility index (Phi) is 5.86. The lowest BCUT2D eigenvalue weighted by Gasteiger charge is -2.17. The highest BCUT2D eigenvalue weighted by atomic mass is 16.7. The van der Waals surface area contributed by atoms with Gasteiger partial charge in [-0.05, 0) is 37.0 Å². The SMILES string of the molecule is C=C(C)OCOc1ccc(C(C)CC)cc1C(O)O. The van der Waals surface area contributed by atoms with Gasteiger partial charge in [0.15, 0.2) is 6.29 Å². The van der Waals surface area contributed by atoms with E-state index in [-0.39, 0.29) is 6.79 Å². The van der Waals surface area contributed by atoms with E-state index in [9.17, 15) is 10.2 Å². The first-order valence-electron chi connectivity index (χ1n) is 6.36. The molecule has 0 aliphatic rings. The van der Waals surface area contributed by atoms with Gasteiger partial charge in [-0.3, -0.25) is 0 Å². The van der Waals surface area contributed by atoms with E-state index in [4.69, 9.17) is 9.47 Å². The van der Waals surface area contributed by atoms with Crippen LogP contribution < -0.4 is 4.74 Å². The topological polar surface area (TPSA) is 58.9 Å². The number of benzene rings is 1. The molecule has 1 aromatic rings. The van der Waals surface area contributed by atoms with E-state index in [0.29, 0.717) is 23.0 Å². The quantitative estimate of drug-likeness (QED) is 0.588. The summed E-state index contributed by atoms with van der Waals surface area (Å²) in [4.78, 5) is 0. The van der Waals surface area contributed by atoms with Gasteiger partial charge in [0.25, 0.3) is 0 Å². The third-order valence-electron chi connectivity index (χ3n) is 3.01. The van der Waals surface area contributed by atoms with Crippen molar-refractivity contribution in [2.24, 2.45) is 0 Å². The molecule has 1 rings (SSSR count). The first-order chi connectivity index (χ1) is 8.95. The number of allylic oxidation sites excluding steroid dienone is 1. The predicted octanol–water partition coefficient (Wildman–Crippen LogP) is 3.07. The number of ether oxygens (including phenoxy) is 2. The second-order valence-corrected chi connectivity index (χ2v) is 4.59. The van der Waals surface area contributed by atoms with E-state index in [1.807, 2.05) is 6.07 Å². The second kappa shape index (κ2) is 7.16. The molecular formula is C15H22O4. The van der Waals surface area contributed by atoms with Crippen molar-refractivity contribution in [3.63, 3.8) is 0 Å². The van der Waals surface area contributed by atoms with Crippen LogP contribution in [0.4, 0.5) is 0 Å². The third kappa shape index (κ3) is 4.58. The van der Waals surface area contributed by atoms with Gasteiger partial charge in [0.2, 0.25) is 6.79 Å². The van der Waals surface area contributed by atoms with Crippen LogP contribution in [-0.2, 0) is 4.74 Å². The van der Waals surface area contributed by atoms with E-state index in [1.54, 1.807) is 19.1 Å². The van der Waals surface area contributed by atoms with Gasteiger partial charge >= 0.3 is 0 Å². The molecule has 0 radical (unpaired) electrons. The fourth-order valence-corrected chi connectivity index (χ4v) is 1.64. The molecule has 1 unspecified atom stereocenters. The highest BCUT2D eigenvalue weighted by molar-refractivity contribution is 5.39. The molecule has 0 bridgehead atoms. The van der Waals surface area contributed by atoms with Crippen molar-refractivity contribution >= 4 is 0 Å². The number of hydrogen-bond acceptors (Lipinski definition) is 4. The average molecular weight is 266 g/mol. The molecular weight excluding hydrogens is 244 g/mol. The van der Waals surface area contributed by atoms with Gasteiger partial charge in [0.05, 0.1) is 5.76 Å². The Labute approximate surface area is 114 Å². The standard InChI is InChI=1S/C15H22O4/c1-5-11(4)12-6-7-14(13(8-12)15(16)17)19-9-18-10(2)3/h6-8,11,15-17H,2,5,9H2,1,3-4H3. The van der Waals surface area contributed by atoms with Crippen LogP contribution in [0, 0.1) is 0 Å². The highest BCUT2D eigenvalue weighted by Crippen LogP contribution is 2.29. The van der Waals surface area contributed by atoms with Crippen molar-refractivity contribution in [3.05, 3.63) is 41.7 Å². The van der Waals surface area contributed by atoms with Gasteiger partial charge < -0.3 is 19.7 Å². The van der Waals surface area contributed by atoms with E-state index < -0.39 is 6.29 Å². The smallest absolute Gasteiger partial charge is 0.230 e. The van der Waals surface area contributed by atoms with Gasteiger partial charge in [0, 0.05) is 5.56 Å². The van der Waals surface area contributed by atoms with Crippen LogP contribution >= 0.6 is 0 Å².